The molecule has 0 aliphatic carbocycles. The molecule has 0 rings (SSSR count). The molecule has 0 bridgehead atoms. The molecule has 0 aromatic rings. The van der Waals surface area contributed by atoms with Crippen molar-refractivity contribution in [2.24, 2.45) is 0 Å². The molecule has 0 saturated carbocycles. The number of aliphatic hydroxyl groups is 1. The number of methoxy groups -OCH3 is 1. The molecule has 10 heavy (non-hydrogen) atoms. The summed E-state index contributed by atoms with van der Waals surface area (Å²) < 4.78 is 20.7. The van der Waals surface area contributed by atoms with E-state index in [2.05, 4.69) is 4.74 Å². The molecule has 4 heteroatoms. The van der Waals surface area contributed by atoms with Crippen LogP contribution >= 0.6 is 0 Å². The molecule has 0 amide bonds. The maximum atomic E-state index is 11.4. The maximum Gasteiger partial charge on any atom is 0.113 e. The summed E-state index contributed by atoms with van der Waals surface area (Å²) >= 11 is 0. The zero-order chi connectivity index (χ0) is 7.82. The Morgan fingerprint density at radius 1 is 1.50 bits per heavy atom. The van der Waals surface area contributed by atoms with Crippen LogP contribution in [0.15, 0.2) is 0 Å². The molecule has 3 nitrogen and oxygen atoms in total. The second-order valence-electron chi connectivity index (χ2n) is 1.87. The SMILES string of the molecule is COCC(O)COCCF. The van der Waals surface area contributed by atoms with E-state index < -0.39 is 12.8 Å². The Balaban J connectivity index is 2.97. The molecular weight excluding hydrogens is 139 g/mol. The van der Waals surface area contributed by atoms with Gasteiger partial charge in [0.2, 0.25) is 0 Å². The summed E-state index contributed by atoms with van der Waals surface area (Å²) in [7, 11) is 1.48. The van der Waals surface area contributed by atoms with Gasteiger partial charge in [0.25, 0.3) is 0 Å². The van der Waals surface area contributed by atoms with Crippen molar-refractivity contribution in [3.8, 4) is 0 Å². The average molecular weight is 152 g/mol. The second-order valence-corrected chi connectivity index (χ2v) is 1.87. The summed E-state index contributed by atoms with van der Waals surface area (Å²) in [6.45, 7) is -0.107. The van der Waals surface area contributed by atoms with Crippen molar-refractivity contribution < 1.29 is 19.0 Å². The minimum atomic E-state index is -0.642. The summed E-state index contributed by atoms with van der Waals surface area (Å²) in [5, 5.41) is 8.90. The Labute approximate surface area is 59.8 Å². The lowest BCUT2D eigenvalue weighted by Gasteiger charge is -2.08. The third-order valence-electron chi connectivity index (χ3n) is 0.891. The van der Waals surface area contributed by atoms with Gasteiger partial charge in [-0.15, -0.1) is 0 Å². The highest BCUT2D eigenvalue weighted by molar-refractivity contribution is 4.49. The van der Waals surface area contributed by atoms with Gasteiger partial charge in [-0.05, 0) is 0 Å². The zero-order valence-electron chi connectivity index (χ0n) is 6.05. The molecule has 0 radical (unpaired) electrons. The molecule has 0 heterocycles. The van der Waals surface area contributed by atoms with E-state index >= 15 is 0 Å². The maximum absolute atomic E-state index is 11.4. The van der Waals surface area contributed by atoms with Crippen LogP contribution in [0.4, 0.5) is 4.39 Å². The molecular formula is C6H13FO3. The average Bonchev–Trinajstić information content (AvgIpc) is 1.89. The fourth-order valence-corrected chi connectivity index (χ4v) is 0.514. The van der Waals surface area contributed by atoms with Crippen molar-refractivity contribution >= 4 is 0 Å². The number of halogens is 1. The number of alkyl halides is 1. The van der Waals surface area contributed by atoms with Crippen LogP contribution in [0, 0.1) is 0 Å². The largest absolute Gasteiger partial charge is 0.388 e. The van der Waals surface area contributed by atoms with Crippen molar-refractivity contribution in [3.63, 3.8) is 0 Å². The summed E-state index contributed by atoms with van der Waals surface area (Å²) in [6.07, 6.45) is -0.642. The number of rotatable bonds is 6. The van der Waals surface area contributed by atoms with E-state index in [0.717, 1.165) is 0 Å². The molecule has 0 aromatic carbocycles. The quantitative estimate of drug-likeness (QED) is 0.543. The van der Waals surface area contributed by atoms with Gasteiger partial charge in [-0.1, -0.05) is 0 Å². The molecule has 0 spiro atoms. The predicted molar refractivity (Wildman–Crippen MR) is 34.7 cm³/mol. The fourth-order valence-electron chi connectivity index (χ4n) is 0.514. The fraction of sp³-hybridized carbons (Fsp3) is 1.00. The lowest BCUT2D eigenvalue weighted by Crippen LogP contribution is -2.21. The number of hydrogen-bond donors (Lipinski definition) is 1. The molecule has 0 saturated heterocycles. The lowest BCUT2D eigenvalue weighted by molar-refractivity contribution is -0.00869. The van der Waals surface area contributed by atoms with E-state index in [1.165, 1.54) is 7.11 Å². The summed E-state index contributed by atoms with van der Waals surface area (Å²) in [6, 6.07) is 0. The molecule has 62 valence electrons. The highest BCUT2D eigenvalue weighted by Gasteiger charge is 2.01. The van der Waals surface area contributed by atoms with E-state index in [-0.39, 0.29) is 19.8 Å². The summed E-state index contributed by atoms with van der Waals surface area (Å²) in [4.78, 5) is 0. The number of ether oxygens (including phenoxy) is 2. The van der Waals surface area contributed by atoms with Gasteiger partial charge in [0.05, 0.1) is 19.8 Å². The third kappa shape index (κ3) is 5.94. The highest BCUT2D eigenvalue weighted by atomic mass is 19.1. The Morgan fingerprint density at radius 3 is 2.70 bits per heavy atom. The van der Waals surface area contributed by atoms with Crippen LogP contribution in [0.1, 0.15) is 0 Å². The highest BCUT2D eigenvalue weighted by Crippen LogP contribution is 1.85. The van der Waals surface area contributed by atoms with Crippen molar-refractivity contribution in [2.45, 2.75) is 6.10 Å². The lowest BCUT2D eigenvalue weighted by atomic mass is 10.4. The van der Waals surface area contributed by atoms with Crippen LogP contribution in [-0.2, 0) is 9.47 Å². The topological polar surface area (TPSA) is 38.7 Å². The standard InChI is InChI=1S/C6H13FO3/c1-9-4-6(8)5-10-3-2-7/h6,8H,2-5H2,1H3. The normalized spacial score (nSPS) is 13.5. The van der Waals surface area contributed by atoms with Gasteiger partial charge in [-0.25, -0.2) is 4.39 Å². The van der Waals surface area contributed by atoms with Crippen LogP contribution in [0.2, 0.25) is 0 Å². The van der Waals surface area contributed by atoms with E-state index in [0.29, 0.717) is 0 Å². The van der Waals surface area contributed by atoms with Crippen molar-refractivity contribution in [1.82, 2.24) is 0 Å². The summed E-state index contributed by atoms with van der Waals surface area (Å²) in [5.41, 5.74) is 0. The van der Waals surface area contributed by atoms with Gasteiger partial charge in [-0.2, -0.15) is 0 Å². The van der Waals surface area contributed by atoms with Crippen molar-refractivity contribution in [2.75, 3.05) is 33.6 Å². The van der Waals surface area contributed by atoms with Gasteiger partial charge >= 0.3 is 0 Å². The van der Waals surface area contributed by atoms with E-state index in [1.807, 2.05) is 0 Å². The second kappa shape index (κ2) is 6.92. The van der Waals surface area contributed by atoms with Crippen LogP contribution in [-0.4, -0.2) is 44.8 Å². The number of aliphatic hydroxyl groups excluding tert-OH is 1. The molecule has 1 N–H and O–H groups in total. The Morgan fingerprint density at radius 2 is 2.20 bits per heavy atom. The first kappa shape index (κ1) is 9.81. The van der Waals surface area contributed by atoms with E-state index in [1.54, 1.807) is 0 Å². The third-order valence-corrected chi connectivity index (χ3v) is 0.891. The molecule has 0 fully saturated rings. The Bertz CT molecular complexity index is 70.0. The minimum Gasteiger partial charge on any atom is -0.388 e. The predicted octanol–water partition coefficient (Wildman–Crippen LogP) is -0.0202. The van der Waals surface area contributed by atoms with Crippen LogP contribution in [0.25, 0.3) is 0 Å². The van der Waals surface area contributed by atoms with Crippen molar-refractivity contribution in [1.29, 1.82) is 0 Å². The smallest absolute Gasteiger partial charge is 0.113 e. The van der Waals surface area contributed by atoms with Gasteiger partial charge in [-0.3, -0.25) is 0 Å². The Kier molecular flexibility index (Phi) is 6.79. The van der Waals surface area contributed by atoms with Gasteiger partial charge in [0, 0.05) is 7.11 Å². The molecule has 0 aromatic heterocycles. The first-order chi connectivity index (χ1) is 4.81. The van der Waals surface area contributed by atoms with Gasteiger partial charge in [0.15, 0.2) is 0 Å². The van der Waals surface area contributed by atoms with Crippen LogP contribution in [0.5, 0.6) is 0 Å². The first-order valence-electron chi connectivity index (χ1n) is 3.12. The first-order valence-corrected chi connectivity index (χ1v) is 3.12. The number of hydrogen-bond acceptors (Lipinski definition) is 3. The zero-order valence-corrected chi connectivity index (χ0v) is 6.05. The van der Waals surface area contributed by atoms with Crippen molar-refractivity contribution in [3.05, 3.63) is 0 Å². The van der Waals surface area contributed by atoms with Crippen LogP contribution in [0.3, 0.4) is 0 Å². The van der Waals surface area contributed by atoms with Gasteiger partial charge in [0.1, 0.15) is 12.8 Å². The monoisotopic (exact) mass is 152 g/mol. The summed E-state index contributed by atoms with van der Waals surface area (Å²) in [5.74, 6) is 0. The molecule has 1 unspecified atom stereocenters. The molecule has 1 atom stereocenters. The van der Waals surface area contributed by atoms with E-state index in [9.17, 15) is 4.39 Å². The van der Waals surface area contributed by atoms with E-state index in [4.69, 9.17) is 9.84 Å². The Hall–Kier alpha value is -0.190. The molecule has 0 aliphatic rings. The minimum absolute atomic E-state index is 0.0424. The molecule has 0 aliphatic heterocycles. The van der Waals surface area contributed by atoms with Gasteiger partial charge < -0.3 is 14.6 Å². The van der Waals surface area contributed by atoms with Crippen LogP contribution < -0.4 is 0 Å².